The molecule has 2 rings (SSSR count). The zero-order valence-corrected chi connectivity index (χ0v) is 9.78. The third-order valence-corrected chi connectivity index (χ3v) is 3.40. The third kappa shape index (κ3) is 2.43. The maximum absolute atomic E-state index is 11.9. The van der Waals surface area contributed by atoms with Crippen LogP contribution in [0.3, 0.4) is 0 Å². The lowest BCUT2D eigenvalue weighted by molar-refractivity contribution is -0.128. The highest BCUT2D eigenvalue weighted by atomic mass is 16.2. The largest absolute Gasteiger partial charge is 0.349 e. The Balaban J connectivity index is 1.97. The number of rotatable bonds is 4. The first-order valence-corrected chi connectivity index (χ1v) is 6.16. The highest BCUT2D eigenvalue weighted by Crippen LogP contribution is 2.27. The highest BCUT2D eigenvalue weighted by Gasteiger charge is 2.26. The zero-order chi connectivity index (χ0) is 11.4. The fraction of sp³-hybridized carbons (Fsp3) is 0.500. The van der Waals surface area contributed by atoms with Gasteiger partial charge in [-0.3, -0.25) is 4.79 Å². The minimum atomic E-state index is 0.175. The normalized spacial score (nSPS) is 17.6. The fourth-order valence-electron chi connectivity index (χ4n) is 2.07. The van der Waals surface area contributed by atoms with Gasteiger partial charge in [-0.1, -0.05) is 43.7 Å². The van der Waals surface area contributed by atoms with E-state index >= 15 is 0 Å². The Labute approximate surface area is 97.1 Å². The zero-order valence-electron chi connectivity index (χ0n) is 9.78. The lowest BCUT2D eigenvalue weighted by Crippen LogP contribution is -2.36. The molecule has 1 fully saturated rings. The molecule has 0 saturated heterocycles. The van der Waals surface area contributed by atoms with Gasteiger partial charge in [0.15, 0.2) is 0 Å². The van der Waals surface area contributed by atoms with Crippen molar-refractivity contribution in [1.82, 2.24) is 5.32 Å². The molecule has 0 spiro atoms. The molecule has 1 aromatic rings. The minimum absolute atomic E-state index is 0.175. The second-order valence-electron chi connectivity index (χ2n) is 4.51. The number of hydrogen-bond donors (Lipinski definition) is 1. The van der Waals surface area contributed by atoms with Crippen molar-refractivity contribution < 1.29 is 4.79 Å². The molecule has 2 heteroatoms. The van der Waals surface area contributed by atoms with Crippen LogP contribution < -0.4 is 5.32 Å². The predicted octanol–water partition coefficient (Wildman–Crippen LogP) is 3.05. The minimum Gasteiger partial charge on any atom is -0.349 e. The van der Waals surface area contributed by atoms with E-state index in [2.05, 4.69) is 24.4 Å². The lowest BCUT2D eigenvalue weighted by atomic mass is 9.84. The molecule has 0 aromatic heterocycles. The van der Waals surface area contributed by atoms with E-state index in [4.69, 9.17) is 0 Å². The van der Waals surface area contributed by atoms with E-state index in [0.717, 1.165) is 19.3 Å². The van der Waals surface area contributed by atoms with E-state index < -0.39 is 0 Å². The summed E-state index contributed by atoms with van der Waals surface area (Å²) in [5.74, 6) is 0.514. The summed E-state index contributed by atoms with van der Waals surface area (Å²) in [4.78, 5) is 11.9. The van der Waals surface area contributed by atoms with Crippen LogP contribution in [0, 0.1) is 5.92 Å². The van der Waals surface area contributed by atoms with Crippen LogP contribution in [0.25, 0.3) is 0 Å². The highest BCUT2D eigenvalue weighted by molar-refractivity contribution is 5.79. The molecule has 1 atom stereocenters. The van der Waals surface area contributed by atoms with Gasteiger partial charge in [-0.25, -0.2) is 0 Å². The standard InChI is InChI=1S/C14H19NO/c1-2-13(11-7-4-3-5-8-11)15-14(16)12-9-6-10-12/h3-5,7-8,12-13H,2,6,9-10H2,1H3,(H,15,16). The summed E-state index contributed by atoms with van der Waals surface area (Å²) in [6, 6.07) is 10.4. The second kappa shape index (κ2) is 5.15. The van der Waals surface area contributed by atoms with Gasteiger partial charge in [0, 0.05) is 5.92 Å². The van der Waals surface area contributed by atoms with Crippen molar-refractivity contribution in [3.8, 4) is 0 Å². The molecule has 0 heterocycles. The van der Waals surface area contributed by atoms with Crippen LogP contribution in [0.5, 0.6) is 0 Å². The molecule has 0 bridgehead atoms. The number of hydrogen-bond acceptors (Lipinski definition) is 1. The van der Waals surface area contributed by atoms with Gasteiger partial charge in [0.05, 0.1) is 6.04 Å². The van der Waals surface area contributed by atoms with Crippen molar-refractivity contribution in [1.29, 1.82) is 0 Å². The Kier molecular flexibility index (Phi) is 3.60. The smallest absolute Gasteiger partial charge is 0.223 e. The summed E-state index contributed by atoms with van der Waals surface area (Å²) < 4.78 is 0. The molecule has 1 aliphatic carbocycles. The van der Waals surface area contributed by atoms with Gasteiger partial charge in [-0.05, 0) is 24.8 Å². The first-order chi connectivity index (χ1) is 7.81. The molecular formula is C14H19NO. The number of carbonyl (C=O) groups is 1. The molecule has 1 unspecified atom stereocenters. The number of nitrogens with one attached hydrogen (secondary N) is 1. The summed E-state index contributed by atoms with van der Waals surface area (Å²) in [6.45, 7) is 2.11. The molecule has 0 radical (unpaired) electrons. The maximum atomic E-state index is 11.9. The molecule has 1 N–H and O–H groups in total. The van der Waals surface area contributed by atoms with Crippen LogP contribution in [-0.2, 0) is 4.79 Å². The van der Waals surface area contributed by atoms with Gasteiger partial charge < -0.3 is 5.32 Å². The van der Waals surface area contributed by atoms with Crippen molar-refractivity contribution in [2.45, 2.75) is 38.6 Å². The van der Waals surface area contributed by atoms with E-state index in [1.165, 1.54) is 12.0 Å². The Hall–Kier alpha value is -1.31. The summed E-state index contributed by atoms with van der Waals surface area (Å²) in [7, 11) is 0. The van der Waals surface area contributed by atoms with E-state index in [9.17, 15) is 4.79 Å². The molecule has 86 valence electrons. The van der Waals surface area contributed by atoms with Crippen molar-refractivity contribution >= 4 is 5.91 Å². The van der Waals surface area contributed by atoms with Gasteiger partial charge in [0.2, 0.25) is 5.91 Å². The van der Waals surface area contributed by atoms with Gasteiger partial charge in [0.25, 0.3) is 0 Å². The molecule has 1 amide bonds. The van der Waals surface area contributed by atoms with Gasteiger partial charge >= 0.3 is 0 Å². The molecule has 1 saturated carbocycles. The van der Waals surface area contributed by atoms with Crippen LogP contribution in [0.4, 0.5) is 0 Å². The number of carbonyl (C=O) groups excluding carboxylic acids is 1. The number of amides is 1. The van der Waals surface area contributed by atoms with Crippen LogP contribution >= 0.6 is 0 Å². The van der Waals surface area contributed by atoms with E-state index in [1.807, 2.05) is 18.2 Å². The Morgan fingerprint density at radius 3 is 2.56 bits per heavy atom. The van der Waals surface area contributed by atoms with Crippen molar-refractivity contribution in [2.75, 3.05) is 0 Å². The average molecular weight is 217 g/mol. The maximum Gasteiger partial charge on any atom is 0.223 e. The van der Waals surface area contributed by atoms with Crippen LogP contribution in [0.15, 0.2) is 30.3 Å². The summed E-state index contributed by atoms with van der Waals surface area (Å²) >= 11 is 0. The number of benzene rings is 1. The Morgan fingerprint density at radius 1 is 1.38 bits per heavy atom. The topological polar surface area (TPSA) is 29.1 Å². The molecular weight excluding hydrogens is 198 g/mol. The quantitative estimate of drug-likeness (QED) is 0.825. The van der Waals surface area contributed by atoms with E-state index in [-0.39, 0.29) is 17.9 Å². The third-order valence-electron chi connectivity index (χ3n) is 3.40. The van der Waals surface area contributed by atoms with Crippen LogP contribution in [-0.4, -0.2) is 5.91 Å². The summed E-state index contributed by atoms with van der Waals surface area (Å²) in [5, 5.41) is 3.15. The van der Waals surface area contributed by atoms with E-state index in [1.54, 1.807) is 0 Å². The Morgan fingerprint density at radius 2 is 2.06 bits per heavy atom. The molecule has 2 nitrogen and oxygen atoms in total. The van der Waals surface area contributed by atoms with Crippen molar-refractivity contribution in [2.24, 2.45) is 5.92 Å². The first kappa shape index (κ1) is 11.2. The van der Waals surface area contributed by atoms with Gasteiger partial charge in [-0.2, -0.15) is 0 Å². The molecule has 0 aliphatic heterocycles. The monoisotopic (exact) mass is 217 g/mol. The summed E-state index contributed by atoms with van der Waals surface area (Å²) in [6.07, 6.45) is 4.29. The predicted molar refractivity (Wildman–Crippen MR) is 65.0 cm³/mol. The fourth-order valence-corrected chi connectivity index (χ4v) is 2.07. The SMILES string of the molecule is CCC(NC(=O)C1CCC1)c1ccccc1. The van der Waals surface area contributed by atoms with Crippen molar-refractivity contribution in [3.05, 3.63) is 35.9 Å². The molecule has 16 heavy (non-hydrogen) atoms. The average Bonchev–Trinajstić information content (AvgIpc) is 2.24. The van der Waals surface area contributed by atoms with Crippen LogP contribution in [0.2, 0.25) is 0 Å². The molecule has 1 aliphatic rings. The van der Waals surface area contributed by atoms with Crippen LogP contribution in [0.1, 0.15) is 44.2 Å². The lowest BCUT2D eigenvalue weighted by Gasteiger charge is -2.27. The summed E-state index contributed by atoms with van der Waals surface area (Å²) in [5.41, 5.74) is 1.21. The van der Waals surface area contributed by atoms with Gasteiger partial charge in [0.1, 0.15) is 0 Å². The van der Waals surface area contributed by atoms with E-state index in [0.29, 0.717) is 0 Å². The first-order valence-electron chi connectivity index (χ1n) is 6.16. The molecule has 1 aromatic carbocycles. The second-order valence-corrected chi connectivity index (χ2v) is 4.51. The Bertz CT molecular complexity index is 343. The van der Waals surface area contributed by atoms with Crippen molar-refractivity contribution in [3.63, 3.8) is 0 Å². The van der Waals surface area contributed by atoms with Gasteiger partial charge in [-0.15, -0.1) is 0 Å².